The van der Waals surface area contributed by atoms with Crippen LogP contribution in [-0.4, -0.2) is 24.9 Å². The van der Waals surface area contributed by atoms with Crippen LogP contribution in [0.25, 0.3) is 0 Å². The van der Waals surface area contributed by atoms with Crippen LogP contribution >= 0.6 is 0 Å². The Hall–Kier alpha value is -2.84. The molecule has 0 aromatic carbocycles. The first-order valence-corrected chi connectivity index (χ1v) is 5.35. The molecule has 0 amide bonds. The number of hydrogen-bond acceptors (Lipinski definition) is 8. The second-order valence-corrected chi connectivity index (χ2v) is 3.68. The molecule has 98 valence electrons. The minimum absolute atomic E-state index is 0.0201. The van der Waals surface area contributed by atoms with Crippen LogP contribution < -0.4 is 11.1 Å². The van der Waals surface area contributed by atoms with E-state index in [9.17, 15) is 10.1 Å². The van der Waals surface area contributed by atoms with Crippen molar-refractivity contribution in [3.63, 3.8) is 0 Å². The molecule has 0 fully saturated rings. The number of nitrogens with zero attached hydrogens (tertiary/aromatic N) is 5. The van der Waals surface area contributed by atoms with Gasteiger partial charge in [0.2, 0.25) is 11.8 Å². The van der Waals surface area contributed by atoms with Gasteiger partial charge in [-0.05, 0) is 13.0 Å². The number of nitro groups is 1. The Morgan fingerprint density at radius 2 is 2.26 bits per heavy atom. The predicted molar refractivity (Wildman–Crippen MR) is 67.2 cm³/mol. The van der Waals surface area contributed by atoms with Crippen molar-refractivity contribution in [2.45, 2.75) is 13.5 Å². The van der Waals surface area contributed by atoms with Gasteiger partial charge in [-0.25, -0.2) is 15.0 Å². The normalized spacial score (nSPS) is 10.2. The van der Waals surface area contributed by atoms with Crippen molar-refractivity contribution in [3.8, 4) is 0 Å². The molecule has 0 spiro atoms. The van der Waals surface area contributed by atoms with Gasteiger partial charge in [-0.2, -0.15) is 4.98 Å². The lowest BCUT2D eigenvalue weighted by Crippen LogP contribution is -2.10. The molecule has 0 atom stereocenters. The molecule has 0 aliphatic heterocycles. The Morgan fingerprint density at radius 1 is 1.47 bits per heavy atom. The minimum Gasteiger partial charge on any atom is -0.368 e. The van der Waals surface area contributed by atoms with Gasteiger partial charge in [-0.15, -0.1) is 0 Å². The number of anilines is 2. The number of rotatable bonds is 4. The van der Waals surface area contributed by atoms with Gasteiger partial charge in [0.05, 0.1) is 17.2 Å². The Morgan fingerprint density at radius 3 is 2.89 bits per heavy atom. The molecular formula is C10H11N7O2. The zero-order chi connectivity index (χ0) is 13.8. The van der Waals surface area contributed by atoms with Gasteiger partial charge in [-0.1, -0.05) is 0 Å². The Bertz CT molecular complexity index is 602. The SMILES string of the molecule is Cc1nc(N)nc(NCc2ccncn2)c1[N+](=O)[O-]. The number of hydrogen-bond donors (Lipinski definition) is 2. The summed E-state index contributed by atoms with van der Waals surface area (Å²) < 4.78 is 0. The number of nitrogen functional groups attached to an aromatic ring is 1. The smallest absolute Gasteiger partial charge is 0.332 e. The van der Waals surface area contributed by atoms with Crippen molar-refractivity contribution < 1.29 is 4.92 Å². The van der Waals surface area contributed by atoms with Crippen LogP contribution in [0.1, 0.15) is 11.4 Å². The molecule has 2 heterocycles. The lowest BCUT2D eigenvalue weighted by molar-refractivity contribution is -0.385. The van der Waals surface area contributed by atoms with Gasteiger partial charge in [0.15, 0.2) is 0 Å². The van der Waals surface area contributed by atoms with E-state index in [1.54, 1.807) is 12.3 Å². The van der Waals surface area contributed by atoms with Crippen molar-refractivity contribution in [1.29, 1.82) is 0 Å². The standard InChI is InChI=1S/C10H11N7O2/c1-6-8(17(18)19)9(16-10(11)15-6)13-4-7-2-3-12-5-14-7/h2-3,5H,4H2,1H3,(H3,11,13,15,16). The average Bonchev–Trinajstić information content (AvgIpc) is 2.36. The summed E-state index contributed by atoms with van der Waals surface area (Å²) in [4.78, 5) is 25.8. The van der Waals surface area contributed by atoms with E-state index < -0.39 is 4.92 Å². The summed E-state index contributed by atoms with van der Waals surface area (Å²) >= 11 is 0. The molecule has 3 N–H and O–H groups in total. The van der Waals surface area contributed by atoms with Crippen LogP contribution in [-0.2, 0) is 6.54 Å². The van der Waals surface area contributed by atoms with Crippen LogP contribution in [0, 0.1) is 17.0 Å². The molecule has 0 unspecified atom stereocenters. The molecule has 2 rings (SSSR count). The molecule has 0 bridgehead atoms. The molecule has 0 aliphatic rings. The van der Waals surface area contributed by atoms with Gasteiger partial charge >= 0.3 is 5.69 Å². The van der Waals surface area contributed by atoms with E-state index >= 15 is 0 Å². The molecule has 2 aromatic heterocycles. The Labute approximate surface area is 108 Å². The van der Waals surface area contributed by atoms with Gasteiger partial charge in [0.25, 0.3) is 0 Å². The van der Waals surface area contributed by atoms with Gasteiger partial charge in [0.1, 0.15) is 12.0 Å². The Balaban J connectivity index is 2.27. The lowest BCUT2D eigenvalue weighted by Gasteiger charge is -2.07. The summed E-state index contributed by atoms with van der Waals surface area (Å²) in [7, 11) is 0. The molecule has 0 saturated heterocycles. The minimum atomic E-state index is -0.545. The summed E-state index contributed by atoms with van der Waals surface area (Å²) in [5.41, 5.74) is 6.19. The maximum absolute atomic E-state index is 11.0. The highest BCUT2D eigenvalue weighted by Gasteiger charge is 2.21. The second-order valence-electron chi connectivity index (χ2n) is 3.68. The number of aromatic nitrogens is 4. The highest BCUT2D eigenvalue weighted by Crippen LogP contribution is 2.25. The van der Waals surface area contributed by atoms with Crippen LogP contribution in [0.4, 0.5) is 17.5 Å². The molecule has 0 radical (unpaired) electrons. The maximum Gasteiger partial charge on any atom is 0.332 e. The zero-order valence-electron chi connectivity index (χ0n) is 10.1. The first-order valence-electron chi connectivity index (χ1n) is 5.35. The highest BCUT2D eigenvalue weighted by molar-refractivity contribution is 5.60. The van der Waals surface area contributed by atoms with Crippen molar-refractivity contribution in [2.24, 2.45) is 0 Å². The fourth-order valence-electron chi connectivity index (χ4n) is 1.53. The molecule has 2 aromatic rings. The molecule has 0 saturated carbocycles. The summed E-state index contributed by atoms with van der Waals surface area (Å²) in [6.07, 6.45) is 2.98. The van der Waals surface area contributed by atoms with E-state index in [1.165, 1.54) is 13.3 Å². The molecule has 9 nitrogen and oxygen atoms in total. The topological polar surface area (TPSA) is 133 Å². The summed E-state index contributed by atoms with van der Waals surface area (Å²) in [5, 5.41) is 13.8. The number of aryl methyl sites for hydroxylation is 1. The maximum atomic E-state index is 11.0. The highest BCUT2D eigenvalue weighted by atomic mass is 16.6. The predicted octanol–water partition coefficient (Wildman–Crippen LogP) is 0.678. The second kappa shape index (κ2) is 5.21. The molecular weight excluding hydrogens is 250 g/mol. The van der Waals surface area contributed by atoms with E-state index in [0.717, 1.165) is 0 Å². The molecule has 0 aliphatic carbocycles. The summed E-state index contributed by atoms with van der Waals surface area (Å²) in [5.74, 6) is 0.0573. The molecule has 9 heteroatoms. The van der Waals surface area contributed by atoms with Gasteiger partial charge in [-0.3, -0.25) is 10.1 Å². The third-order valence-electron chi connectivity index (χ3n) is 2.34. The van der Waals surface area contributed by atoms with Crippen molar-refractivity contribution in [2.75, 3.05) is 11.1 Å². The van der Waals surface area contributed by atoms with E-state index in [4.69, 9.17) is 5.73 Å². The van der Waals surface area contributed by atoms with Crippen LogP contribution in [0.3, 0.4) is 0 Å². The third kappa shape index (κ3) is 2.89. The van der Waals surface area contributed by atoms with E-state index in [1.807, 2.05) is 0 Å². The van der Waals surface area contributed by atoms with Crippen LogP contribution in [0.15, 0.2) is 18.6 Å². The van der Waals surface area contributed by atoms with Crippen LogP contribution in [0.5, 0.6) is 0 Å². The fourth-order valence-corrected chi connectivity index (χ4v) is 1.53. The summed E-state index contributed by atoms with van der Waals surface area (Å²) in [6.45, 7) is 1.78. The average molecular weight is 261 g/mol. The van der Waals surface area contributed by atoms with E-state index in [2.05, 4.69) is 25.3 Å². The van der Waals surface area contributed by atoms with Crippen molar-refractivity contribution >= 4 is 17.5 Å². The van der Waals surface area contributed by atoms with Gasteiger partial charge < -0.3 is 11.1 Å². The van der Waals surface area contributed by atoms with Crippen LogP contribution in [0.2, 0.25) is 0 Å². The molecule has 19 heavy (non-hydrogen) atoms. The number of nitrogens with one attached hydrogen (secondary N) is 1. The number of nitrogens with two attached hydrogens (primary N) is 1. The third-order valence-corrected chi connectivity index (χ3v) is 2.34. The lowest BCUT2D eigenvalue weighted by atomic mass is 10.3. The quantitative estimate of drug-likeness (QED) is 0.606. The monoisotopic (exact) mass is 261 g/mol. The van der Waals surface area contributed by atoms with Crippen molar-refractivity contribution in [3.05, 3.63) is 40.1 Å². The first-order chi connectivity index (χ1) is 9.08. The Kier molecular flexibility index (Phi) is 3.46. The largest absolute Gasteiger partial charge is 0.368 e. The fraction of sp³-hybridized carbons (Fsp3) is 0.200. The summed E-state index contributed by atoms with van der Waals surface area (Å²) in [6, 6.07) is 1.69. The zero-order valence-corrected chi connectivity index (χ0v) is 10.1. The van der Waals surface area contributed by atoms with Crippen molar-refractivity contribution in [1.82, 2.24) is 19.9 Å². The van der Waals surface area contributed by atoms with E-state index in [-0.39, 0.29) is 29.7 Å². The first kappa shape index (κ1) is 12.6. The van der Waals surface area contributed by atoms with E-state index in [0.29, 0.717) is 5.69 Å². The van der Waals surface area contributed by atoms with Gasteiger partial charge in [0, 0.05) is 6.20 Å².